The van der Waals surface area contributed by atoms with E-state index in [1.807, 2.05) is 26.0 Å². The van der Waals surface area contributed by atoms with Gasteiger partial charge in [0.05, 0.1) is 10.3 Å². The molecule has 21 heavy (non-hydrogen) atoms. The largest absolute Gasteiger partial charge is 0.409 e. The van der Waals surface area contributed by atoms with Gasteiger partial charge in [0.2, 0.25) is 5.91 Å². The van der Waals surface area contributed by atoms with Crippen LogP contribution in [0.1, 0.15) is 44.4 Å². The summed E-state index contributed by atoms with van der Waals surface area (Å²) < 4.78 is 1.02. The summed E-state index contributed by atoms with van der Waals surface area (Å²) in [5, 5.41) is 15.1. The maximum Gasteiger partial charge on any atom is 0.234 e. The van der Waals surface area contributed by atoms with Gasteiger partial charge in [-0.3, -0.25) is 4.79 Å². The molecule has 0 aliphatic carbocycles. The maximum atomic E-state index is 12.6. The summed E-state index contributed by atoms with van der Waals surface area (Å²) in [5.41, 5.74) is 4.91. The average molecular weight is 376 g/mol. The van der Waals surface area contributed by atoms with Crippen molar-refractivity contribution < 1.29 is 10.0 Å². The molecule has 7 heteroatoms. The number of nitrogens with one attached hydrogen (secondary N) is 1. The number of carbonyl (C=O) groups excluding carboxylic acids is 1. The van der Waals surface area contributed by atoms with Crippen LogP contribution in [0.25, 0.3) is 0 Å². The minimum absolute atomic E-state index is 0.00365. The topological polar surface area (TPSA) is 87.7 Å². The van der Waals surface area contributed by atoms with Crippen molar-refractivity contribution in [3.05, 3.63) is 20.8 Å². The maximum absolute atomic E-state index is 12.6. The molecule has 118 valence electrons. The van der Waals surface area contributed by atoms with Crippen LogP contribution >= 0.6 is 27.3 Å². The molecule has 4 N–H and O–H groups in total. The van der Waals surface area contributed by atoms with Crippen molar-refractivity contribution in [2.45, 2.75) is 46.1 Å². The van der Waals surface area contributed by atoms with Crippen molar-refractivity contribution in [3.63, 3.8) is 0 Å². The van der Waals surface area contributed by atoms with E-state index < -0.39 is 5.41 Å². The van der Waals surface area contributed by atoms with Gasteiger partial charge in [-0.15, -0.1) is 11.3 Å². The van der Waals surface area contributed by atoms with E-state index in [4.69, 9.17) is 10.9 Å². The first-order chi connectivity index (χ1) is 10.00. The normalized spacial score (nSPS) is 12.4. The lowest BCUT2D eigenvalue weighted by Crippen LogP contribution is -2.49. The van der Waals surface area contributed by atoms with Crippen LogP contribution in [0.5, 0.6) is 0 Å². The molecule has 0 fully saturated rings. The first-order valence-electron chi connectivity index (χ1n) is 7.00. The highest BCUT2D eigenvalue weighted by Gasteiger charge is 2.41. The number of rotatable bonds is 8. The Bertz CT molecular complexity index is 496. The molecular weight excluding hydrogens is 354 g/mol. The third kappa shape index (κ3) is 4.44. The molecule has 0 saturated heterocycles. The molecule has 0 atom stereocenters. The van der Waals surface area contributed by atoms with E-state index in [0.717, 1.165) is 21.5 Å². The zero-order valence-corrected chi connectivity index (χ0v) is 14.8. The summed E-state index contributed by atoms with van der Waals surface area (Å²) >= 11 is 4.97. The molecule has 1 rings (SSSR count). The van der Waals surface area contributed by atoms with Crippen molar-refractivity contribution in [2.24, 2.45) is 16.3 Å². The molecule has 0 unspecified atom stereocenters. The van der Waals surface area contributed by atoms with E-state index in [-0.39, 0.29) is 11.7 Å². The van der Waals surface area contributed by atoms with Gasteiger partial charge in [-0.2, -0.15) is 0 Å². The summed E-state index contributed by atoms with van der Waals surface area (Å²) in [4.78, 5) is 13.7. The Hall–Kier alpha value is -1.08. The minimum Gasteiger partial charge on any atom is -0.409 e. The lowest BCUT2D eigenvalue weighted by molar-refractivity contribution is -0.128. The summed E-state index contributed by atoms with van der Waals surface area (Å²) in [6, 6.07) is 3.90. The number of nitrogens with zero attached hydrogens (tertiary/aromatic N) is 1. The van der Waals surface area contributed by atoms with Crippen LogP contribution in [0.2, 0.25) is 0 Å². The SMILES string of the molecule is CCCC(CCC)(C(=O)NCc1ccc(Br)s1)C(N)=NO. The van der Waals surface area contributed by atoms with E-state index >= 15 is 0 Å². The van der Waals surface area contributed by atoms with Crippen LogP contribution < -0.4 is 11.1 Å². The third-order valence-electron chi connectivity index (χ3n) is 3.44. The highest BCUT2D eigenvalue weighted by molar-refractivity contribution is 9.11. The van der Waals surface area contributed by atoms with Crippen molar-refractivity contribution >= 4 is 39.0 Å². The number of hydrogen-bond acceptors (Lipinski definition) is 4. The van der Waals surface area contributed by atoms with Crippen LogP contribution in [0.4, 0.5) is 0 Å². The van der Waals surface area contributed by atoms with Crippen molar-refractivity contribution in [3.8, 4) is 0 Å². The minimum atomic E-state index is -0.924. The predicted molar refractivity (Wildman–Crippen MR) is 89.5 cm³/mol. The second-order valence-corrected chi connectivity index (χ2v) is 7.50. The molecule has 0 aliphatic rings. The summed E-state index contributed by atoms with van der Waals surface area (Å²) in [7, 11) is 0. The second kappa shape index (κ2) is 8.38. The Morgan fingerprint density at radius 3 is 2.48 bits per heavy atom. The molecule has 1 amide bonds. The molecule has 5 nitrogen and oxygen atoms in total. The highest BCUT2D eigenvalue weighted by Crippen LogP contribution is 2.31. The van der Waals surface area contributed by atoms with Gasteiger partial charge >= 0.3 is 0 Å². The van der Waals surface area contributed by atoms with Gasteiger partial charge in [-0.25, -0.2) is 0 Å². The lowest BCUT2D eigenvalue weighted by Gasteiger charge is -2.30. The molecule has 1 aromatic rings. The number of oxime groups is 1. The van der Waals surface area contributed by atoms with Gasteiger partial charge in [-0.05, 0) is 40.9 Å². The van der Waals surface area contributed by atoms with Crippen LogP contribution in [0.3, 0.4) is 0 Å². The van der Waals surface area contributed by atoms with E-state index in [2.05, 4.69) is 26.4 Å². The van der Waals surface area contributed by atoms with E-state index in [0.29, 0.717) is 19.4 Å². The molecule has 0 bridgehead atoms. The number of hydrogen-bond donors (Lipinski definition) is 3. The van der Waals surface area contributed by atoms with Gasteiger partial charge in [0, 0.05) is 4.88 Å². The fraction of sp³-hybridized carbons (Fsp3) is 0.571. The number of carbonyl (C=O) groups is 1. The number of nitrogens with two attached hydrogens (primary N) is 1. The Morgan fingerprint density at radius 2 is 2.05 bits per heavy atom. The van der Waals surface area contributed by atoms with E-state index in [1.54, 1.807) is 11.3 Å². The number of halogens is 1. The first-order valence-corrected chi connectivity index (χ1v) is 8.61. The Morgan fingerprint density at radius 1 is 1.43 bits per heavy atom. The van der Waals surface area contributed by atoms with Crippen LogP contribution in [0, 0.1) is 5.41 Å². The van der Waals surface area contributed by atoms with Gasteiger partial charge in [0.25, 0.3) is 0 Å². The Kier molecular flexibility index (Phi) is 7.17. The molecule has 0 spiro atoms. The highest BCUT2D eigenvalue weighted by atomic mass is 79.9. The number of amides is 1. The quantitative estimate of drug-likeness (QED) is 0.281. The van der Waals surface area contributed by atoms with Crippen LogP contribution in [-0.2, 0) is 11.3 Å². The van der Waals surface area contributed by atoms with Gasteiger partial charge < -0.3 is 16.3 Å². The third-order valence-corrected chi connectivity index (χ3v) is 5.06. The first kappa shape index (κ1) is 18.0. The average Bonchev–Trinajstić information content (AvgIpc) is 2.89. The smallest absolute Gasteiger partial charge is 0.234 e. The Labute approximate surface area is 137 Å². The van der Waals surface area contributed by atoms with E-state index in [1.165, 1.54) is 0 Å². The van der Waals surface area contributed by atoms with Crippen molar-refractivity contribution in [1.29, 1.82) is 0 Å². The molecule has 0 saturated carbocycles. The van der Waals surface area contributed by atoms with Gasteiger partial charge in [0.15, 0.2) is 5.84 Å². The number of amidine groups is 1. The second-order valence-electron chi connectivity index (χ2n) is 4.96. The van der Waals surface area contributed by atoms with Crippen LogP contribution in [-0.4, -0.2) is 17.0 Å². The summed E-state index contributed by atoms with van der Waals surface area (Å²) in [5.74, 6) is -0.179. The van der Waals surface area contributed by atoms with Gasteiger partial charge in [-0.1, -0.05) is 31.8 Å². The standard InChI is InChI=1S/C14H22BrN3O2S/c1-3-7-14(8-4-2,12(16)18-20)13(19)17-9-10-5-6-11(15)21-10/h5-6,20H,3-4,7-9H2,1-2H3,(H2,16,18)(H,17,19). The molecule has 0 radical (unpaired) electrons. The molecule has 0 aliphatic heterocycles. The van der Waals surface area contributed by atoms with E-state index in [9.17, 15) is 4.79 Å². The predicted octanol–water partition coefficient (Wildman–Crippen LogP) is 3.46. The monoisotopic (exact) mass is 375 g/mol. The zero-order chi connectivity index (χ0) is 15.9. The lowest BCUT2D eigenvalue weighted by atomic mass is 9.77. The summed E-state index contributed by atoms with van der Waals surface area (Å²) in [6.07, 6.45) is 2.70. The fourth-order valence-electron chi connectivity index (χ4n) is 2.46. The fourth-order valence-corrected chi connectivity index (χ4v) is 3.88. The zero-order valence-electron chi connectivity index (χ0n) is 12.4. The van der Waals surface area contributed by atoms with Crippen molar-refractivity contribution in [1.82, 2.24) is 5.32 Å². The Balaban J connectivity index is 2.88. The number of thiophene rings is 1. The molecule has 1 heterocycles. The van der Waals surface area contributed by atoms with Crippen LogP contribution in [0.15, 0.2) is 21.1 Å². The molecular formula is C14H22BrN3O2S. The molecule has 0 aromatic carbocycles. The summed E-state index contributed by atoms with van der Waals surface area (Å²) in [6.45, 7) is 4.42. The van der Waals surface area contributed by atoms with Crippen molar-refractivity contribution in [2.75, 3.05) is 0 Å². The molecule has 1 aromatic heterocycles. The van der Waals surface area contributed by atoms with Gasteiger partial charge in [0.1, 0.15) is 5.41 Å².